The fourth-order valence-corrected chi connectivity index (χ4v) is 2.72. The Morgan fingerprint density at radius 1 is 0.963 bits per heavy atom. The highest BCUT2D eigenvalue weighted by atomic mass is 19.1. The normalized spacial score (nSPS) is 16.4. The zero-order valence-corrected chi connectivity index (χ0v) is 16.5. The van der Waals surface area contributed by atoms with E-state index in [4.69, 9.17) is 9.47 Å². The van der Waals surface area contributed by atoms with E-state index in [2.05, 4.69) is 5.32 Å². The predicted octanol–water partition coefficient (Wildman–Crippen LogP) is 3.94. The Balaban J connectivity index is 2.24. The number of hydrogen-bond acceptors (Lipinski definition) is 4. The van der Waals surface area contributed by atoms with Crippen molar-refractivity contribution in [1.82, 2.24) is 10.2 Å². The highest BCUT2D eigenvalue weighted by Gasteiger charge is 2.50. The molecule has 1 aromatic carbocycles. The van der Waals surface area contributed by atoms with E-state index in [0.717, 1.165) is 18.2 Å². The Morgan fingerprint density at radius 2 is 1.44 bits per heavy atom. The fraction of sp³-hybridized carbons (Fsp3) is 0.579. The van der Waals surface area contributed by atoms with Crippen LogP contribution in [0.4, 0.5) is 18.4 Å². The lowest BCUT2D eigenvalue weighted by molar-refractivity contribution is -0.0231. The minimum atomic E-state index is -1.16. The van der Waals surface area contributed by atoms with Crippen LogP contribution >= 0.6 is 0 Å². The largest absolute Gasteiger partial charge is 0.444 e. The number of alkyl carbamates (subject to hydrolysis) is 1. The molecule has 1 N–H and O–H groups in total. The monoisotopic (exact) mass is 384 g/mol. The molecule has 0 bridgehead atoms. The van der Waals surface area contributed by atoms with E-state index in [-0.39, 0.29) is 18.7 Å². The zero-order valence-electron chi connectivity index (χ0n) is 16.5. The molecule has 0 saturated carbocycles. The molecule has 1 fully saturated rings. The number of nitrogens with one attached hydrogen (secondary N) is 1. The maximum atomic E-state index is 13.7. The molecule has 8 heteroatoms. The van der Waals surface area contributed by atoms with Crippen molar-refractivity contribution in [3.63, 3.8) is 0 Å². The molecule has 0 atom stereocenters. The third-order valence-corrected chi connectivity index (χ3v) is 3.73. The minimum Gasteiger partial charge on any atom is -0.444 e. The zero-order chi connectivity index (χ0) is 20.6. The molecule has 6 nitrogen and oxygen atoms in total. The summed E-state index contributed by atoms with van der Waals surface area (Å²) in [6.07, 6.45) is -1.31. The summed E-state index contributed by atoms with van der Waals surface area (Å²) in [5.41, 5.74) is -2.38. The van der Waals surface area contributed by atoms with Gasteiger partial charge < -0.3 is 19.7 Å². The molecular weight excluding hydrogens is 358 g/mol. The van der Waals surface area contributed by atoms with Crippen molar-refractivity contribution in [3.05, 3.63) is 35.4 Å². The molecule has 0 spiro atoms. The Hall–Kier alpha value is -2.38. The molecule has 1 aliphatic heterocycles. The highest BCUT2D eigenvalue weighted by molar-refractivity contribution is 5.73. The number of ether oxygens (including phenoxy) is 2. The van der Waals surface area contributed by atoms with Gasteiger partial charge in [-0.1, -0.05) is 0 Å². The van der Waals surface area contributed by atoms with Crippen LogP contribution < -0.4 is 5.32 Å². The average Bonchev–Trinajstić information content (AvgIpc) is 2.36. The quantitative estimate of drug-likeness (QED) is 0.839. The van der Waals surface area contributed by atoms with Gasteiger partial charge in [0.25, 0.3) is 0 Å². The van der Waals surface area contributed by atoms with Gasteiger partial charge in [0.2, 0.25) is 0 Å². The highest BCUT2D eigenvalue weighted by Crippen LogP contribution is 2.34. The second-order valence-electron chi connectivity index (χ2n) is 8.70. The van der Waals surface area contributed by atoms with Gasteiger partial charge in [0.15, 0.2) is 0 Å². The van der Waals surface area contributed by atoms with Crippen LogP contribution in [0.1, 0.15) is 47.1 Å². The summed E-state index contributed by atoms with van der Waals surface area (Å²) in [4.78, 5) is 25.8. The van der Waals surface area contributed by atoms with Crippen LogP contribution in [0.25, 0.3) is 0 Å². The lowest BCUT2D eigenvalue weighted by atomic mass is 9.82. The molecule has 1 saturated heterocycles. The van der Waals surface area contributed by atoms with Crippen molar-refractivity contribution in [2.75, 3.05) is 13.1 Å². The third-order valence-electron chi connectivity index (χ3n) is 3.73. The molecule has 0 unspecified atom stereocenters. The van der Waals surface area contributed by atoms with Gasteiger partial charge in [0.05, 0.1) is 13.1 Å². The lowest BCUT2D eigenvalue weighted by Crippen LogP contribution is -2.69. The molecule has 1 heterocycles. The lowest BCUT2D eigenvalue weighted by Gasteiger charge is -2.50. The van der Waals surface area contributed by atoms with Crippen LogP contribution in [0.3, 0.4) is 0 Å². The molecule has 0 radical (unpaired) electrons. The summed E-state index contributed by atoms with van der Waals surface area (Å²) in [5, 5.41) is 2.66. The van der Waals surface area contributed by atoms with Crippen LogP contribution in [0.2, 0.25) is 0 Å². The molecule has 0 aromatic heterocycles. The molecule has 2 rings (SSSR count). The van der Waals surface area contributed by atoms with Crippen molar-refractivity contribution in [2.45, 2.75) is 58.3 Å². The van der Waals surface area contributed by atoms with Gasteiger partial charge in [0, 0.05) is 6.07 Å². The number of rotatable bonds is 2. The summed E-state index contributed by atoms with van der Waals surface area (Å²) in [7, 11) is 0. The maximum Gasteiger partial charge on any atom is 0.410 e. The van der Waals surface area contributed by atoms with E-state index in [1.54, 1.807) is 41.5 Å². The standard InChI is InChI=1S/C19H26F2N2O4/c1-17(2,3)26-15(24)22-19(12-7-13(20)9-14(21)8-12)10-23(11-19)16(25)27-18(4,5)6/h7-9H,10-11H2,1-6H3,(H,22,24). The van der Waals surface area contributed by atoms with Gasteiger partial charge in [-0.2, -0.15) is 0 Å². The second-order valence-corrected chi connectivity index (χ2v) is 8.70. The van der Waals surface area contributed by atoms with E-state index in [0.29, 0.717) is 0 Å². The van der Waals surface area contributed by atoms with Gasteiger partial charge >= 0.3 is 12.2 Å². The van der Waals surface area contributed by atoms with Crippen LogP contribution in [0, 0.1) is 11.6 Å². The minimum absolute atomic E-state index is 0.00402. The number of carbonyl (C=O) groups is 2. The SMILES string of the molecule is CC(C)(C)OC(=O)NC1(c2cc(F)cc(F)c2)CN(C(=O)OC(C)(C)C)C1. The summed E-state index contributed by atoms with van der Waals surface area (Å²) in [5.74, 6) is -1.54. The van der Waals surface area contributed by atoms with E-state index < -0.39 is 40.6 Å². The smallest absolute Gasteiger partial charge is 0.410 e. The third kappa shape index (κ3) is 5.55. The first-order valence-corrected chi connectivity index (χ1v) is 8.65. The number of carbonyl (C=O) groups excluding carboxylic acids is 2. The van der Waals surface area contributed by atoms with Gasteiger partial charge in [-0.15, -0.1) is 0 Å². The molecule has 150 valence electrons. The fourth-order valence-electron chi connectivity index (χ4n) is 2.72. The Bertz CT molecular complexity index is 712. The van der Waals surface area contributed by atoms with Crippen LogP contribution in [-0.4, -0.2) is 41.4 Å². The van der Waals surface area contributed by atoms with E-state index in [9.17, 15) is 18.4 Å². The Labute approximate surface area is 157 Å². The molecular formula is C19H26F2N2O4. The van der Waals surface area contributed by atoms with Crippen molar-refractivity contribution >= 4 is 12.2 Å². The van der Waals surface area contributed by atoms with Crippen molar-refractivity contribution in [3.8, 4) is 0 Å². The van der Waals surface area contributed by atoms with Gasteiger partial charge in [-0.3, -0.25) is 0 Å². The number of hydrogen-bond donors (Lipinski definition) is 1. The first-order chi connectivity index (χ1) is 12.2. The van der Waals surface area contributed by atoms with E-state index in [1.165, 1.54) is 4.90 Å². The molecule has 2 amide bonds. The Morgan fingerprint density at radius 3 is 1.89 bits per heavy atom. The van der Waals surface area contributed by atoms with Gasteiger partial charge in [-0.05, 0) is 59.2 Å². The average molecular weight is 384 g/mol. The van der Waals surface area contributed by atoms with Gasteiger partial charge in [0.1, 0.15) is 28.4 Å². The number of nitrogens with zero attached hydrogens (tertiary/aromatic N) is 1. The van der Waals surface area contributed by atoms with Crippen LogP contribution in [-0.2, 0) is 15.0 Å². The number of benzene rings is 1. The first kappa shape index (κ1) is 20.9. The van der Waals surface area contributed by atoms with Crippen molar-refractivity contribution in [2.24, 2.45) is 0 Å². The van der Waals surface area contributed by atoms with Crippen LogP contribution in [0.5, 0.6) is 0 Å². The summed E-state index contributed by atoms with van der Waals surface area (Å²) >= 11 is 0. The molecule has 27 heavy (non-hydrogen) atoms. The Kier molecular flexibility index (Phi) is 5.41. The number of amides is 2. The maximum absolute atomic E-state index is 13.7. The summed E-state index contributed by atoms with van der Waals surface area (Å²) in [6, 6.07) is 3.01. The molecule has 0 aliphatic carbocycles. The van der Waals surface area contributed by atoms with Crippen molar-refractivity contribution in [1.29, 1.82) is 0 Å². The second kappa shape index (κ2) is 6.98. The first-order valence-electron chi connectivity index (χ1n) is 8.65. The molecule has 1 aliphatic rings. The topological polar surface area (TPSA) is 67.9 Å². The number of halogens is 2. The van der Waals surface area contributed by atoms with Crippen molar-refractivity contribution < 1.29 is 27.8 Å². The molecule has 1 aromatic rings. The van der Waals surface area contributed by atoms with E-state index in [1.807, 2.05) is 0 Å². The van der Waals surface area contributed by atoms with Gasteiger partial charge in [-0.25, -0.2) is 18.4 Å². The number of likely N-dealkylation sites (tertiary alicyclic amines) is 1. The summed E-state index contributed by atoms with van der Waals surface area (Å²) in [6.45, 7) is 10.3. The van der Waals surface area contributed by atoms with Crippen LogP contribution in [0.15, 0.2) is 18.2 Å². The van der Waals surface area contributed by atoms with E-state index >= 15 is 0 Å². The summed E-state index contributed by atoms with van der Waals surface area (Å²) < 4.78 is 38.0. The predicted molar refractivity (Wildman–Crippen MR) is 95.2 cm³/mol.